The molecule has 0 saturated heterocycles. The number of nitrogens with zero attached hydrogens (tertiary/aromatic N) is 2. The molecule has 0 spiro atoms. The second-order valence-corrected chi connectivity index (χ2v) is 7.45. The van der Waals surface area contributed by atoms with Crippen LogP contribution in [0.15, 0.2) is 70.5 Å². The van der Waals surface area contributed by atoms with E-state index in [-0.39, 0.29) is 10.5 Å². The van der Waals surface area contributed by atoms with Crippen LogP contribution in [0.3, 0.4) is 0 Å². The van der Waals surface area contributed by atoms with Crippen LogP contribution < -0.4 is 10.3 Å². The van der Waals surface area contributed by atoms with E-state index in [1.165, 1.54) is 30.1 Å². The standard InChI is InChI=1S/C18H16N2O4S/c1-24-16-12-19-20(14-6-4-3-5-7-14)18(21)17(16)13-8-10-15(11-9-13)25(2,22)23/h3-12H,1-2H3. The highest BCUT2D eigenvalue weighted by Crippen LogP contribution is 2.27. The molecule has 0 amide bonds. The summed E-state index contributed by atoms with van der Waals surface area (Å²) < 4.78 is 29.8. The minimum absolute atomic E-state index is 0.188. The fourth-order valence-electron chi connectivity index (χ4n) is 2.48. The lowest BCUT2D eigenvalue weighted by Gasteiger charge is -2.11. The van der Waals surface area contributed by atoms with Crippen LogP contribution in [-0.4, -0.2) is 31.6 Å². The Bertz CT molecular complexity index is 1060. The van der Waals surface area contributed by atoms with Gasteiger partial charge in [0, 0.05) is 6.26 Å². The van der Waals surface area contributed by atoms with E-state index in [2.05, 4.69) is 5.10 Å². The van der Waals surface area contributed by atoms with Crippen molar-refractivity contribution in [1.29, 1.82) is 0 Å². The second-order valence-electron chi connectivity index (χ2n) is 5.44. The molecule has 128 valence electrons. The van der Waals surface area contributed by atoms with Crippen LogP contribution in [0.2, 0.25) is 0 Å². The molecule has 0 radical (unpaired) electrons. The van der Waals surface area contributed by atoms with Gasteiger partial charge < -0.3 is 4.74 Å². The van der Waals surface area contributed by atoms with E-state index in [9.17, 15) is 13.2 Å². The van der Waals surface area contributed by atoms with Crippen molar-refractivity contribution in [2.75, 3.05) is 13.4 Å². The van der Waals surface area contributed by atoms with E-state index >= 15 is 0 Å². The van der Waals surface area contributed by atoms with Gasteiger partial charge in [0.05, 0.1) is 29.5 Å². The van der Waals surface area contributed by atoms with Gasteiger partial charge >= 0.3 is 0 Å². The van der Waals surface area contributed by atoms with Gasteiger partial charge in [-0.3, -0.25) is 4.79 Å². The first-order valence-electron chi connectivity index (χ1n) is 7.44. The number of hydrogen-bond donors (Lipinski definition) is 0. The van der Waals surface area contributed by atoms with Crippen molar-refractivity contribution in [3.05, 3.63) is 71.1 Å². The van der Waals surface area contributed by atoms with Gasteiger partial charge in [-0.05, 0) is 29.8 Å². The number of ether oxygens (including phenoxy) is 1. The van der Waals surface area contributed by atoms with Crippen LogP contribution in [0.4, 0.5) is 0 Å². The zero-order valence-electron chi connectivity index (χ0n) is 13.7. The third kappa shape index (κ3) is 3.32. The minimum Gasteiger partial charge on any atom is -0.494 e. The van der Waals surface area contributed by atoms with Gasteiger partial charge in [0.2, 0.25) is 0 Å². The van der Waals surface area contributed by atoms with Crippen LogP contribution in [0.5, 0.6) is 5.75 Å². The van der Waals surface area contributed by atoms with E-state index in [4.69, 9.17) is 4.74 Å². The van der Waals surface area contributed by atoms with Crippen LogP contribution in [0.25, 0.3) is 16.8 Å². The first-order valence-corrected chi connectivity index (χ1v) is 9.33. The number of sulfone groups is 1. The average molecular weight is 356 g/mol. The summed E-state index contributed by atoms with van der Waals surface area (Å²) in [5, 5.41) is 4.15. The molecule has 6 nitrogen and oxygen atoms in total. The van der Waals surface area contributed by atoms with Crippen molar-refractivity contribution < 1.29 is 13.2 Å². The molecule has 1 heterocycles. The number of hydrogen-bond acceptors (Lipinski definition) is 5. The molecule has 1 aromatic heterocycles. The van der Waals surface area contributed by atoms with Crippen molar-refractivity contribution in [1.82, 2.24) is 9.78 Å². The van der Waals surface area contributed by atoms with Gasteiger partial charge in [-0.2, -0.15) is 9.78 Å². The minimum atomic E-state index is -3.31. The van der Waals surface area contributed by atoms with Crippen molar-refractivity contribution in [2.24, 2.45) is 0 Å². The van der Waals surface area contributed by atoms with Gasteiger partial charge in [-0.1, -0.05) is 30.3 Å². The van der Waals surface area contributed by atoms with E-state index < -0.39 is 9.84 Å². The van der Waals surface area contributed by atoms with Crippen molar-refractivity contribution in [2.45, 2.75) is 4.90 Å². The van der Waals surface area contributed by atoms with Crippen molar-refractivity contribution in [3.63, 3.8) is 0 Å². The fourth-order valence-corrected chi connectivity index (χ4v) is 3.11. The summed E-state index contributed by atoms with van der Waals surface area (Å²) in [7, 11) is -1.85. The Balaban J connectivity index is 2.20. The topological polar surface area (TPSA) is 78.3 Å². The monoisotopic (exact) mass is 356 g/mol. The van der Waals surface area contributed by atoms with Gasteiger partial charge in [0.15, 0.2) is 15.6 Å². The van der Waals surface area contributed by atoms with Gasteiger partial charge in [0.1, 0.15) is 0 Å². The molecule has 0 atom stereocenters. The summed E-state index contributed by atoms with van der Waals surface area (Å²) in [6.45, 7) is 0. The summed E-state index contributed by atoms with van der Waals surface area (Å²) in [5.74, 6) is 0.323. The Labute approximate surface area is 145 Å². The molecule has 3 rings (SSSR count). The number of rotatable bonds is 4. The number of methoxy groups -OCH3 is 1. The molecule has 7 heteroatoms. The molecule has 0 saturated carbocycles. The maximum absolute atomic E-state index is 12.9. The van der Waals surface area contributed by atoms with E-state index in [1.807, 2.05) is 18.2 Å². The molecular formula is C18H16N2O4S. The van der Waals surface area contributed by atoms with Gasteiger partial charge in [0.25, 0.3) is 5.56 Å². The molecule has 2 aromatic carbocycles. The molecule has 25 heavy (non-hydrogen) atoms. The molecule has 0 unspecified atom stereocenters. The first-order chi connectivity index (χ1) is 11.9. The summed E-state index contributed by atoms with van der Waals surface area (Å²) in [4.78, 5) is 13.1. The third-order valence-electron chi connectivity index (χ3n) is 3.73. The van der Waals surface area contributed by atoms with E-state index in [1.54, 1.807) is 24.3 Å². The quantitative estimate of drug-likeness (QED) is 0.717. The lowest BCUT2D eigenvalue weighted by Crippen LogP contribution is -2.23. The Kier molecular flexibility index (Phi) is 4.41. The molecule has 0 aliphatic heterocycles. The highest BCUT2D eigenvalue weighted by molar-refractivity contribution is 7.90. The highest BCUT2D eigenvalue weighted by atomic mass is 32.2. The lowest BCUT2D eigenvalue weighted by molar-refractivity contribution is 0.411. The largest absolute Gasteiger partial charge is 0.494 e. The SMILES string of the molecule is COc1cnn(-c2ccccc2)c(=O)c1-c1ccc(S(C)(=O)=O)cc1. The molecule has 0 fully saturated rings. The average Bonchev–Trinajstić information content (AvgIpc) is 2.61. The summed E-state index contributed by atoms with van der Waals surface area (Å²) >= 11 is 0. The molecule has 0 bridgehead atoms. The van der Waals surface area contributed by atoms with Crippen molar-refractivity contribution in [3.8, 4) is 22.6 Å². The summed E-state index contributed by atoms with van der Waals surface area (Å²) in [5.41, 5.74) is 1.16. The normalized spacial score (nSPS) is 11.3. The number of aromatic nitrogens is 2. The van der Waals surface area contributed by atoms with Gasteiger partial charge in [-0.15, -0.1) is 0 Å². The Hall–Kier alpha value is -2.93. The maximum atomic E-state index is 12.9. The van der Waals surface area contributed by atoms with Crippen LogP contribution in [-0.2, 0) is 9.84 Å². The van der Waals surface area contributed by atoms with Crippen LogP contribution >= 0.6 is 0 Å². The van der Waals surface area contributed by atoms with Crippen LogP contribution in [0.1, 0.15) is 0 Å². The predicted molar refractivity (Wildman–Crippen MR) is 94.9 cm³/mol. The molecular weight excluding hydrogens is 340 g/mol. The molecule has 0 N–H and O–H groups in total. The number of benzene rings is 2. The van der Waals surface area contributed by atoms with Crippen molar-refractivity contribution >= 4 is 9.84 Å². The third-order valence-corrected chi connectivity index (χ3v) is 4.86. The first kappa shape index (κ1) is 16.9. The Morgan fingerprint density at radius 2 is 1.64 bits per heavy atom. The van der Waals surface area contributed by atoms with Crippen LogP contribution in [0, 0.1) is 0 Å². The zero-order chi connectivity index (χ0) is 18.0. The molecule has 0 aliphatic carbocycles. The Morgan fingerprint density at radius 3 is 2.20 bits per heavy atom. The smallest absolute Gasteiger partial charge is 0.283 e. The highest BCUT2D eigenvalue weighted by Gasteiger charge is 2.16. The molecule has 0 aliphatic rings. The van der Waals surface area contributed by atoms with E-state index in [0.717, 1.165) is 6.26 Å². The maximum Gasteiger partial charge on any atom is 0.283 e. The van der Waals surface area contributed by atoms with E-state index in [0.29, 0.717) is 22.6 Å². The second kappa shape index (κ2) is 6.52. The molecule has 3 aromatic rings. The fraction of sp³-hybridized carbons (Fsp3) is 0.111. The predicted octanol–water partition coefficient (Wildman–Crippen LogP) is 2.31. The zero-order valence-corrected chi connectivity index (χ0v) is 14.5. The lowest BCUT2D eigenvalue weighted by atomic mass is 10.1. The number of para-hydroxylation sites is 1. The summed E-state index contributed by atoms with van der Waals surface area (Å²) in [6.07, 6.45) is 2.60. The summed E-state index contributed by atoms with van der Waals surface area (Å²) in [6, 6.07) is 15.1. The Morgan fingerprint density at radius 1 is 1.00 bits per heavy atom. The van der Waals surface area contributed by atoms with Gasteiger partial charge in [-0.25, -0.2) is 8.42 Å².